The molecule has 2 amide bonds. The van der Waals surface area contributed by atoms with Crippen molar-refractivity contribution in [1.29, 1.82) is 0 Å². The Morgan fingerprint density at radius 2 is 1.92 bits per heavy atom. The monoisotopic (exact) mass is 343 g/mol. The summed E-state index contributed by atoms with van der Waals surface area (Å²) in [6.45, 7) is 6.66. The van der Waals surface area contributed by atoms with Crippen molar-refractivity contribution in [1.82, 2.24) is 15.2 Å². The van der Waals surface area contributed by atoms with E-state index in [1.54, 1.807) is 0 Å². The number of oxazole rings is 1. The molecule has 1 aliphatic rings. The third kappa shape index (κ3) is 3.83. The minimum Gasteiger partial charge on any atom is -0.440 e. The number of hydrogen-bond acceptors (Lipinski definition) is 4. The Labute approximate surface area is 147 Å². The van der Waals surface area contributed by atoms with E-state index in [9.17, 15) is 9.59 Å². The summed E-state index contributed by atoms with van der Waals surface area (Å²) in [4.78, 5) is 30.5. The molecule has 134 valence electrons. The smallest absolute Gasteiger partial charge is 0.245 e. The quantitative estimate of drug-likeness (QED) is 0.926. The fourth-order valence-electron chi connectivity index (χ4n) is 3.34. The van der Waals surface area contributed by atoms with Gasteiger partial charge in [-0.15, -0.1) is 0 Å². The molecule has 6 heteroatoms. The van der Waals surface area contributed by atoms with Gasteiger partial charge in [-0.05, 0) is 30.9 Å². The zero-order chi connectivity index (χ0) is 18.0. The molecule has 6 nitrogen and oxygen atoms in total. The van der Waals surface area contributed by atoms with Gasteiger partial charge in [0.25, 0.3) is 0 Å². The van der Waals surface area contributed by atoms with Gasteiger partial charge in [0.15, 0.2) is 11.5 Å². The number of rotatable bonds is 4. The van der Waals surface area contributed by atoms with E-state index in [0.717, 1.165) is 29.8 Å². The van der Waals surface area contributed by atoms with Crippen LogP contribution in [0.4, 0.5) is 0 Å². The van der Waals surface area contributed by atoms with Crippen LogP contribution < -0.4 is 5.32 Å². The number of carbonyl (C=O) groups is 2. The molecule has 25 heavy (non-hydrogen) atoms. The number of benzene rings is 1. The first-order valence-electron chi connectivity index (χ1n) is 8.87. The minimum absolute atomic E-state index is 0.00113. The van der Waals surface area contributed by atoms with Gasteiger partial charge in [-0.2, -0.15) is 0 Å². The molecule has 0 spiro atoms. The lowest BCUT2D eigenvalue weighted by molar-refractivity contribution is -0.138. The molecule has 0 aliphatic carbocycles. The van der Waals surface area contributed by atoms with Gasteiger partial charge in [0.2, 0.25) is 11.8 Å². The van der Waals surface area contributed by atoms with E-state index < -0.39 is 6.04 Å². The van der Waals surface area contributed by atoms with Gasteiger partial charge < -0.3 is 14.6 Å². The number of para-hydroxylation sites is 2. The molecule has 1 aromatic heterocycles. The lowest BCUT2D eigenvalue weighted by Crippen LogP contribution is -2.52. The lowest BCUT2D eigenvalue weighted by Gasteiger charge is -2.34. The number of likely N-dealkylation sites (tertiary alicyclic amines) is 1. The number of carbonyl (C=O) groups excluding carboxylic acids is 2. The molecular weight excluding hydrogens is 318 g/mol. The van der Waals surface area contributed by atoms with Crippen molar-refractivity contribution in [2.24, 2.45) is 5.92 Å². The topological polar surface area (TPSA) is 75.4 Å². The SMILES string of the molecule is CC(=O)NC(C(=O)N1CCC(c2nc3ccccc3o2)CC1)C(C)C. The van der Waals surface area contributed by atoms with Gasteiger partial charge in [0.05, 0.1) is 0 Å². The van der Waals surface area contributed by atoms with E-state index >= 15 is 0 Å². The van der Waals surface area contributed by atoms with Crippen LogP contribution in [0.25, 0.3) is 11.1 Å². The normalized spacial score (nSPS) is 17.0. The second kappa shape index (κ2) is 7.25. The fourth-order valence-corrected chi connectivity index (χ4v) is 3.34. The van der Waals surface area contributed by atoms with Gasteiger partial charge >= 0.3 is 0 Å². The van der Waals surface area contributed by atoms with Crippen LogP contribution in [0.3, 0.4) is 0 Å². The molecule has 0 bridgehead atoms. The molecule has 0 radical (unpaired) electrons. The average Bonchev–Trinajstić information content (AvgIpc) is 3.03. The Balaban J connectivity index is 1.64. The lowest BCUT2D eigenvalue weighted by atomic mass is 9.95. The predicted molar refractivity (Wildman–Crippen MR) is 95.0 cm³/mol. The maximum Gasteiger partial charge on any atom is 0.245 e. The van der Waals surface area contributed by atoms with Gasteiger partial charge in [-0.3, -0.25) is 9.59 Å². The van der Waals surface area contributed by atoms with Crippen molar-refractivity contribution in [2.45, 2.75) is 45.6 Å². The third-order valence-electron chi connectivity index (χ3n) is 4.76. The highest BCUT2D eigenvalue weighted by atomic mass is 16.3. The molecule has 3 rings (SSSR count). The largest absolute Gasteiger partial charge is 0.440 e. The highest BCUT2D eigenvalue weighted by molar-refractivity contribution is 5.87. The van der Waals surface area contributed by atoms with Crippen LogP contribution >= 0.6 is 0 Å². The van der Waals surface area contributed by atoms with E-state index in [4.69, 9.17) is 4.42 Å². The van der Waals surface area contributed by atoms with E-state index in [0.29, 0.717) is 13.1 Å². The second-order valence-electron chi connectivity index (χ2n) is 7.04. The maximum atomic E-state index is 12.7. The molecule has 1 N–H and O–H groups in total. The Morgan fingerprint density at radius 3 is 2.52 bits per heavy atom. The number of hydrogen-bond donors (Lipinski definition) is 1. The summed E-state index contributed by atoms with van der Waals surface area (Å²) in [5.74, 6) is 0.881. The van der Waals surface area contributed by atoms with Gasteiger partial charge in [-0.25, -0.2) is 4.98 Å². The van der Waals surface area contributed by atoms with Gasteiger partial charge in [0.1, 0.15) is 11.6 Å². The summed E-state index contributed by atoms with van der Waals surface area (Å²) in [6, 6.07) is 7.29. The molecule has 2 aromatic rings. The molecule has 1 aliphatic heterocycles. The van der Waals surface area contributed by atoms with Crippen molar-refractivity contribution < 1.29 is 14.0 Å². The average molecular weight is 343 g/mol. The van der Waals surface area contributed by atoms with E-state index in [-0.39, 0.29) is 23.7 Å². The summed E-state index contributed by atoms with van der Waals surface area (Å²) in [5, 5.41) is 2.78. The molecule has 0 saturated carbocycles. The highest BCUT2D eigenvalue weighted by Gasteiger charge is 2.32. The Bertz CT molecular complexity index is 727. The van der Waals surface area contributed by atoms with Crippen LogP contribution in [-0.2, 0) is 9.59 Å². The molecule has 1 unspecified atom stereocenters. The molecular formula is C19H25N3O3. The summed E-state index contributed by atoms with van der Waals surface area (Å²) in [5.41, 5.74) is 1.68. The molecule has 1 fully saturated rings. The standard InChI is InChI=1S/C19H25N3O3/c1-12(2)17(20-13(3)23)19(24)22-10-8-14(9-11-22)18-21-15-6-4-5-7-16(15)25-18/h4-7,12,14,17H,8-11H2,1-3H3,(H,20,23). The maximum absolute atomic E-state index is 12.7. The summed E-state index contributed by atoms with van der Waals surface area (Å²) < 4.78 is 5.87. The molecule has 2 heterocycles. The number of nitrogens with zero attached hydrogens (tertiary/aromatic N) is 2. The molecule has 1 atom stereocenters. The van der Waals surface area contributed by atoms with E-state index in [1.165, 1.54) is 6.92 Å². The minimum atomic E-state index is -0.460. The first-order valence-corrected chi connectivity index (χ1v) is 8.87. The van der Waals surface area contributed by atoms with Crippen LogP contribution in [0, 0.1) is 5.92 Å². The number of aromatic nitrogens is 1. The number of fused-ring (bicyclic) bond motifs is 1. The second-order valence-corrected chi connectivity index (χ2v) is 7.04. The molecule has 1 aromatic carbocycles. The van der Waals surface area contributed by atoms with Crippen LogP contribution in [0.15, 0.2) is 28.7 Å². The van der Waals surface area contributed by atoms with Crippen LogP contribution in [0.5, 0.6) is 0 Å². The predicted octanol–water partition coefficient (Wildman–Crippen LogP) is 2.69. The van der Waals surface area contributed by atoms with Crippen LogP contribution in [-0.4, -0.2) is 40.8 Å². The Hall–Kier alpha value is -2.37. The Kier molecular flexibility index (Phi) is 5.06. The van der Waals surface area contributed by atoms with E-state index in [1.807, 2.05) is 43.0 Å². The third-order valence-corrected chi connectivity index (χ3v) is 4.76. The van der Waals surface area contributed by atoms with Crippen molar-refractivity contribution in [3.05, 3.63) is 30.2 Å². The summed E-state index contributed by atoms with van der Waals surface area (Å²) in [6.07, 6.45) is 1.65. The fraction of sp³-hybridized carbons (Fsp3) is 0.526. The van der Waals surface area contributed by atoms with Gasteiger partial charge in [0, 0.05) is 25.9 Å². The number of piperidine rings is 1. The van der Waals surface area contributed by atoms with Crippen molar-refractivity contribution >= 4 is 22.9 Å². The van der Waals surface area contributed by atoms with Gasteiger partial charge in [-0.1, -0.05) is 26.0 Å². The first-order chi connectivity index (χ1) is 12.0. The first kappa shape index (κ1) is 17.5. The summed E-state index contributed by atoms with van der Waals surface area (Å²) in [7, 11) is 0. The van der Waals surface area contributed by atoms with Crippen LogP contribution in [0.2, 0.25) is 0 Å². The number of nitrogens with one attached hydrogen (secondary N) is 1. The zero-order valence-corrected chi connectivity index (χ0v) is 15.0. The zero-order valence-electron chi connectivity index (χ0n) is 15.0. The number of amides is 2. The molecule has 1 saturated heterocycles. The van der Waals surface area contributed by atoms with Crippen molar-refractivity contribution in [3.63, 3.8) is 0 Å². The summed E-state index contributed by atoms with van der Waals surface area (Å²) >= 11 is 0. The van der Waals surface area contributed by atoms with Crippen molar-refractivity contribution in [2.75, 3.05) is 13.1 Å². The highest BCUT2D eigenvalue weighted by Crippen LogP contribution is 2.30. The van der Waals surface area contributed by atoms with Crippen molar-refractivity contribution in [3.8, 4) is 0 Å². The van der Waals surface area contributed by atoms with Crippen LogP contribution in [0.1, 0.15) is 45.4 Å². The Morgan fingerprint density at radius 1 is 1.24 bits per heavy atom. The van der Waals surface area contributed by atoms with E-state index in [2.05, 4.69) is 10.3 Å².